The van der Waals surface area contributed by atoms with E-state index < -0.39 is 0 Å². The third-order valence-corrected chi connectivity index (χ3v) is 4.93. The van der Waals surface area contributed by atoms with Gasteiger partial charge in [0, 0.05) is 5.92 Å². The van der Waals surface area contributed by atoms with Gasteiger partial charge in [0.2, 0.25) is 0 Å². The topological polar surface area (TPSA) is 0 Å². The Bertz CT molecular complexity index is 757. The average Bonchev–Trinajstić information content (AvgIpc) is 2.81. The molecule has 2 aliphatic rings. The maximum absolute atomic E-state index is 2.38. The molecule has 0 heteroatoms. The van der Waals surface area contributed by atoms with Gasteiger partial charge in [-0.25, -0.2) is 0 Å². The second kappa shape index (κ2) is 4.73. The molecule has 1 atom stereocenters. The van der Waals surface area contributed by atoms with E-state index in [1.165, 1.54) is 46.2 Å². The molecule has 2 aromatic carbocycles. The van der Waals surface area contributed by atoms with Gasteiger partial charge in [-0.2, -0.15) is 0 Å². The Morgan fingerprint density at radius 3 is 2.52 bits per heavy atom. The molecule has 0 bridgehead atoms. The summed E-state index contributed by atoms with van der Waals surface area (Å²) in [6.07, 6.45) is 7.07. The van der Waals surface area contributed by atoms with Crippen LogP contribution in [0.3, 0.4) is 0 Å². The first kappa shape index (κ1) is 12.6. The van der Waals surface area contributed by atoms with Crippen molar-refractivity contribution in [1.82, 2.24) is 0 Å². The first-order valence-corrected chi connectivity index (χ1v) is 7.85. The molecule has 1 unspecified atom stereocenters. The van der Waals surface area contributed by atoms with Gasteiger partial charge in [0.25, 0.3) is 0 Å². The lowest BCUT2D eigenvalue weighted by Crippen LogP contribution is -1.94. The molecule has 2 aliphatic carbocycles. The number of hydrogen-bond donors (Lipinski definition) is 0. The fourth-order valence-electron chi connectivity index (χ4n) is 3.67. The first-order chi connectivity index (χ1) is 10.2. The highest BCUT2D eigenvalue weighted by Gasteiger charge is 2.27. The molecule has 0 heterocycles. The third-order valence-electron chi connectivity index (χ3n) is 4.93. The molecule has 21 heavy (non-hydrogen) atoms. The van der Waals surface area contributed by atoms with Crippen molar-refractivity contribution >= 4 is 5.57 Å². The van der Waals surface area contributed by atoms with Gasteiger partial charge in [-0.15, -0.1) is 0 Å². The second-order valence-corrected chi connectivity index (χ2v) is 6.27. The minimum atomic E-state index is 0.590. The summed E-state index contributed by atoms with van der Waals surface area (Å²) in [6, 6.07) is 15.8. The van der Waals surface area contributed by atoms with Crippen molar-refractivity contribution in [3.63, 3.8) is 0 Å². The minimum absolute atomic E-state index is 0.590. The number of aryl methyl sites for hydroxylation is 1. The highest BCUT2D eigenvalue weighted by atomic mass is 14.3. The molecule has 4 rings (SSSR count). The lowest BCUT2D eigenvalue weighted by molar-refractivity contribution is 0.824. The van der Waals surface area contributed by atoms with Crippen LogP contribution in [0, 0.1) is 6.92 Å². The number of hydrogen-bond acceptors (Lipinski definition) is 0. The van der Waals surface area contributed by atoms with Crippen LogP contribution in [-0.2, 0) is 0 Å². The maximum atomic E-state index is 2.38. The zero-order valence-corrected chi connectivity index (χ0v) is 12.7. The zero-order chi connectivity index (χ0) is 14.4. The molecular formula is C21H20. The SMILES string of the molecule is Cc1ccc(-c2ccc3c(c2)C2=C(CCC=C2)C3C)cc1. The summed E-state index contributed by atoms with van der Waals surface area (Å²) >= 11 is 0. The molecule has 0 radical (unpaired) electrons. The van der Waals surface area contributed by atoms with Gasteiger partial charge in [0.1, 0.15) is 0 Å². The predicted molar refractivity (Wildman–Crippen MR) is 90.3 cm³/mol. The lowest BCUT2D eigenvalue weighted by Gasteiger charge is -2.12. The van der Waals surface area contributed by atoms with Crippen molar-refractivity contribution in [2.24, 2.45) is 0 Å². The Kier molecular flexibility index (Phi) is 2.85. The molecule has 2 aromatic rings. The molecule has 0 saturated heterocycles. The van der Waals surface area contributed by atoms with Crippen molar-refractivity contribution in [2.75, 3.05) is 0 Å². The van der Waals surface area contributed by atoms with Crippen LogP contribution < -0.4 is 0 Å². The number of allylic oxidation sites excluding steroid dienone is 4. The number of rotatable bonds is 1. The van der Waals surface area contributed by atoms with E-state index in [4.69, 9.17) is 0 Å². The van der Waals surface area contributed by atoms with Gasteiger partial charge in [-0.05, 0) is 53.7 Å². The van der Waals surface area contributed by atoms with E-state index in [0.29, 0.717) is 5.92 Å². The second-order valence-electron chi connectivity index (χ2n) is 6.27. The summed E-state index contributed by atoms with van der Waals surface area (Å²) in [5.41, 5.74) is 10.0. The Labute approximate surface area is 126 Å². The van der Waals surface area contributed by atoms with Crippen LogP contribution in [0.1, 0.15) is 42.4 Å². The molecule has 0 N–H and O–H groups in total. The van der Waals surface area contributed by atoms with Crippen LogP contribution in [0.5, 0.6) is 0 Å². The smallest absolute Gasteiger partial charge is 0.00353 e. The van der Waals surface area contributed by atoms with E-state index in [0.717, 1.165) is 0 Å². The van der Waals surface area contributed by atoms with Crippen molar-refractivity contribution < 1.29 is 0 Å². The van der Waals surface area contributed by atoms with Crippen LogP contribution >= 0.6 is 0 Å². The predicted octanol–water partition coefficient (Wildman–Crippen LogP) is 5.88. The van der Waals surface area contributed by atoms with E-state index in [1.54, 1.807) is 5.57 Å². The molecule has 0 aliphatic heterocycles. The zero-order valence-electron chi connectivity index (χ0n) is 12.7. The molecule has 0 nitrogen and oxygen atoms in total. The van der Waals surface area contributed by atoms with Gasteiger partial charge < -0.3 is 0 Å². The molecule has 104 valence electrons. The summed E-state index contributed by atoms with van der Waals surface area (Å²) in [6.45, 7) is 4.49. The summed E-state index contributed by atoms with van der Waals surface area (Å²) in [5.74, 6) is 0.590. The van der Waals surface area contributed by atoms with Crippen molar-refractivity contribution in [3.8, 4) is 11.1 Å². The van der Waals surface area contributed by atoms with Crippen LogP contribution in [0.15, 0.2) is 60.2 Å². The highest BCUT2D eigenvalue weighted by molar-refractivity contribution is 5.87. The fraction of sp³-hybridized carbons (Fsp3) is 0.238. The van der Waals surface area contributed by atoms with Gasteiger partial charge in [-0.1, -0.05) is 66.6 Å². The quantitative estimate of drug-likeness (QED) is 0.608. The highest BCUT2D eigenvalue weighted by Crippen LogP contribution is 2.47. The van der Waals surface area contributed by atoms with E-state index >= 15 is 0 Å². The minimum Gasteiger partial charge on any atom is -0.0836 e. The third kappa shape index (κ3) is 1.98. The van der Waals surface area contributed by atoms with Crippen molar-refractivity contribution in [3.05, 3.63) is 76.9 Å². The molecule has 0 aromatic heterocycles. The Morgan fingerprint density at radius 1 is 0.952 bits per heavy atom. The van der Waals surface area contributed by atoms with E-state index in [1.807, 2.05) is 0 Å². The number of fused-ring (bicyclic) bond motifs is 2. The molecular weight excluding hydrogens is 252 g/mol. The molecule has 0 saturated carbocycles. The van der Waals surface area contributed by atoms with E-state index in [2.05, 4.69) is 68.5 Å². The largest absolute Gasteiger partial charge is 0.0836 e. The first-order valence-electron chi connectivity index (χ1n) is 7.85. The summed E-state index contributed by atoms with van der Waals surface area (Å²) in [7, 11) is 0. The monoisotopic (exact) mass is 272 g/mol. The summed E-state index contributed by atoms with van der Waals surface area (Å²) in [4.78, 5) is 0. The van der Waals surface area contributed by atoms with Gasteiger partial charge in [0.05, 0.1) is 0 Å². The van der Waals surface area contributed by atoms with Gasteiger partial charge in [0.15, 0.2) is 0 Å². The molecule has 0 spiro atoms. The maximum Gasteiger partial charge on any atom is 0.00353 e. The van der Waals surface area contributed by atoms with Crippen LogP contribution in [0.25, 0.3) is 16.7 Å². The van der Waals surface area contributed by atoms with E-state index in [-0.39, 0.29) is 0 Å². The lowest BCUT2D eigenvalue weighted by atomic mass is 9.92. The molecule has 0 amide bonds. The number of benzene rings is 2. The summed E-state index contributed by atoms with van der Waals surface area (Å²) in [5, 5.41) is 0. The Balaban J connectivity index is 1.83. The Morgan fingerprint density at radius 2 is 1.71 bits per heavy atom. The molecule has 0 fully saturated rings. The normalized spacial score (nSPS) is 19.6. The van der Waals surface area contributed by atoms with Gasteiger partial charge >= 0.3 is 0 Å². The van der Waals surface area contributed by atoms with Crippen LogP contribution in [-0.4, -0.2) is 0 Å². The standard InChI is InChI=1S/C21H20/c1-14-7-9-16(10-8-14)17-11-12-19-15(2)18-5-3-4-6-20(18)21(19)13-17/h4,6-13,15H,3,5H2,1-2H3. The van der Waals surface area contributed by atoms with Crippen molar-refractivity contribution in [1.29, 1.82) is 0 Å². The van der Waals surface area contributed by atoms with Crippen LogP contribution in [0.4, 0.5) is 0 Å². The summed E-state index contributed by atoms with van der Waals surface area (Å²) < 4.78 is 0. The van der Waals surface area contributed by atoms with Crippen LogP contribution in [0.2, 0.25) is 0 Å². The van der Waals surface area contributed by atoms with Gasteiger partial charge in [-0.3, -0.25) is 0 Å². The fourth-order valence-corrected chi connectivity index (χ4v) is 3.67. The van der Waals surface area contributed by atoms with Crippen molar-refractivity contribution in [2.45, 2.75) is 32.6 Å². The Hall–Kier alpha value is -2.08. The average molecular weight is 272 g/mol. The van der Waals surface area contributed by atoms with E-state index in [9.17, 15) is 0 Å².